The van der Waals surface area contributed by atoms with E-state index in [1.807, 2.05) is 13.4 Å². The second kappa shape index (κ2) is 9.23. The molecule has 0 aliphatic heterocycles. The van der Waals surface area contributed by atoms with E-state index in [2.05, 4.69) is 74.8 Å². The molecule has 0 aliphatic carbocycles. The maximum Gasteiger partial charge on any atom is 0.0909 e. The zero-order chi connectivity index (χ0) is 19.3. The summed E-state index contributed by atoms with van der Waals surface area (Å²) in [6, 6.07) is 10.9. The van der Waals surface area contributed by atoms with E-state index < -0.39 is 0 Å². The van der Waals surface area contributed by atoms with Crippen molar-refractivity contribution < 1.29 is 0 Å². The number of hydrogen-bond acceptors (Lipinski definition) is 1. The fourth-order valence-corrected chi connectivity index (χ4v) is 3.24. The summed E-state index contributed by atoms with van der Waals surface area (Å²) in [7, 11) is 2.03. The number of nitrogens with zero attached hydrogens (tertiary/aromatic N) is 2. The van der Waals surface area contributed by atoms with Crippen molar-refractivity contribution in [1.29, 1.82) is 0 Å². The van der Waals surface area contributed by atoms with Crippen LogP contribution in [-0.4, -0.2) is 24.8 Å². The lowest BCUT2D eigenvalue weighted by Gasteiger charge is -2.13. The largest absolute Gasteiger partial charge is 0.366 e. The highest BCUT2D eigenvalue weighted by Gasteiger charge is 2.08. The minimum Gasteiger partial charge on any atom is -0.366 e. The number of aliphatic imine (C=N–C) groups is 1. The fraction of sp³-hybridized carbons (Fsp3) is 0.435. The first kappa shape index (κ1) is 20.5. The smallest absolute Gasteiger partial charge is 0.0909 e. The molecule has 140 valence electrons. The van der Waals surface area contributed by atoms with Gasteiger partial charge >= 0.3 is 0 Å². The van der Waals surface area contributed by atoms with Crippen LogP contribution in [0.25, 0.3) is 0 Å². The molecule has 0 N–H and O–H groups in total. The van der Waals surface area contributed by atoms with Crippen LogP contribution in [0.1, 0.15) is 48.6 Å². The minimum absolute atomic E-state index is 0.614. The molecule has 0 spiro atoms. The molecule has 0 aromatic heterocycles. The first-order valence-electron chi connectivity index (χ1n) is 9.42. The van der Waals surface area contributed by atoms with Crippen molar-refractivity contribution in [3.05, 3.63) is 63.2 Å². The average molecular weight is 371 g/mol. The van der Waals surface area contributed by atoms with Crippen LogP contribution in [0.2, 0.25) is 5.02 Å². The molecular weight excluding hydrogens is 340 g/mol. The minimum atomic E-state index is 0.614. The Balaban J connectivity index is 2.21. The van der Waals surface area contributed by atoms with Gasteiger partial charge in [-0.3, -0.25) is 0 Å². The maximum atomic E-state index is 6.50. The van der Waals surface area contributed by atoms with Crippen LogP contribution in [0.5, 0.6) is 0 Å². The molecule has 0 radical (unpaired) electrons. The van der Waals surface area contributed by atoms with Crippen LogP contribution >= 0.6 is 11.6 Å². The molecule has 0 saturated carbocycles. The molecule has 0 unspecified atom stereocenters. The third-order valence-electron chi connectivity index (χ3n) is 4.69. The number of benzene rings is 2. The highest BCUT2D eigenvalue weighted by Crippen LogP contribution is 2.27. The maximum absolute atomic E-state index is 6.50. The van der Waals surface area contributed by atoms with Crippen LogP contribution in [0.3, 0.4) is 0 Å². The average Bonchev–Trinajstić information content (AvgIpc) is 2.58. The van der Waals surface area contributed by atoms with E-state index in [4.69, 9.17) is 11.6 Å². The molecule has 3 heteroatoms. The van der Waals surface area contributed by atoms with Gasteiger partial charge in [-0.2, -0.15) is 0 Å². The Morgan fingerprint density at radius 3 is 2.42 bits per heavy atom. The highest BCUT2D eigenvalue weighted by molar-refractivity contribution is 6.31. The first-order chi connectivity index (χ1) is 12.3. The van der Waals surface area contributed by atoms with Crippen molar-refractivity contribution in [1.82, 2.24) is 4.90 Å². The van der Waals surface area contributed by atoms with Crippen molar-refractivity contribution >= 4 is 23.6 Å². The van der Waals surface area contributed by atoms with Gasteiger partial charge in [0.05, 0.1) is 12.0 Å². The summed E-state index contributed by atoms with van der Waals surface area (Å²) in [5.41, 5.74) is 7.34. The summed E-state index contributed by atoms with van der Waals surface area (Å²) in [5, 5.41) is 0.884. The van der Waals surface area contributed by atoms with E-state index in [0.29, 0.717) is 5.92 Å². The van der Waals surface area contributed by atoms with Crippen molar-refractivity contribution in [3.63, 3.8) is 0 Å². The van der Waals surface area contributed by atoms with Gasteiger partial charge in [0.1, 0.15) is 0 Å². The normalized spacial score (nSPS) is 11.5. The lowest BCUT2D eigenvalue weighted by atomic mass is 9.95. The van der Waals surface area contributed by atoms with Crippen molar-refractivity contribution in [2.24, 2.45) is 10.9 Å². The van der Waals surface area contributed by atoms with E-state index in [1.54, 1.807) is 0 Å². The molecule has 0 heterocycles. The van der Waals surface area contributed by atoms with Crippen LogP contribution < -0.4 is 0 Å². The van der Waals surface area contributed by atoms with Crippen LogP contribution in [-0.2, 0) is 12.8 Å². The van der Waals surface area contributed by atoms with Crippen molar-refractivity contribution in [2.45, 2.75) is 47.5 Å². The molecule has 2 aromatic carbocycles. The van der Waals surface area contributed by atoms with Crippen LogP contribution in [0.15, 0.2) is 35.3 Å². The van der Waals surface area contributed by atoms with Gasteiger partial charge in [-0.05, 0) is 79.5 Å². The number of halogens is 1. The quantitative estimate of drug-likeness (QED) is 0.409. The number of aryl methyl sites for hydroxylation is 2. The van der Waals surface area contributed by atoms with Gasteiger partial charge < -0.3 is 4.90 Å². The Morgan fingerprint density at radius 2 is 1.81 bits per heavy atom. The molecule has 0 aliphatic rings. The van der Waals surface area contributed by atoms with Crippen LogP contribution in [0.4, 0.5) is 5.69 Å². The third-order valence-corrected chi connectivity index (χ3v) is 5.04. The van der Waals surface area contributed by atoms with E-state index >= 15 is 0 Å². The Bertz CT molecular complexity index is 778. The van der Waals surface area contributed by atoms with E-state index in [-0.39, 0.29) is 0 Å². The third kappa shape index (κ3) is 5.60. The molecule has 0 atom stereocenters. The summed E-state index contributed by atoms with van der Waals surface area (Å²) in [4.78, 5) is 6.69. The van der Waals surface area contributed by atoms with Gasteiger partial charge in [-0.25, -0.2) is 4.99 Å². The van der Waals surface area contributed by atoms with Crippen molar-refractivity contribution in [2.75, 3.05) is 13.6 Å². The molecule has 0 fully saturated rings. The standard InChI is InChI=1S/C23H31ClN2/c1-7-26(6)15-25-23-12-17(4)21(11-18(23)5)13-19-8-9-20(10-16(2)3)22(24)14-19/h8-9,11-12,14-16H,7,10,13H2,1-6H3. The van der Waals surface area contributed by atoms with Gasteiger partial charge in [0.15, 0.2) is 0 Å². The zero-order valence-corrected chi connectivity index (χ0v) is 17.7. The number of rotatable bonds is 7. The monoisotopic (exact) mass is 370 g/mol. The van der Waals surface area contributed by atoms with Gasteiger partial charge in [-0.15, -0.1) is 0 Å². The predicted octanol–water partition coefficient (Wildman–Crippen LogP) is 6.36. The molecule has 26 heavy (non-hydrogen) atoms. The zero-order valence-electron chi connectivity index (χ0n) is 16.9. The van der Waals surface area contributed by atoms with Crippen LogP contribution in [0, 0.1) is 19.8 Å². The fourth-order valence-electron chi connectivity index (χ4n) is 2.96. The first-order valence-corrected chi connectivity index (χ1v) is 9.79. The van der Waals surface area contributed by atoms with Gasteiger partial charge in [0, 0.05) is 18.6 Å². The van der Waals surface area contributed by atoms with Crippen molar-refractivity contribution in [3.8, 4) is 0 Å². The Kier molecular flexibility index (Phi) is 7.28. The SMILES string of the molecule is CCN(C)C=Nc1cc(C)c(Cc2ccc(CC(C)C)c(Cl)c2)cc1C. The summed E-state index contributed by atoms with van der Waals surface area (Å²) >= 11 is 6.50. The highest BCUT2D eigenvalue weighted by atomic mass is 35.5. The number of hydrogen-bond donors (Lipinski definition) is 0. The Morgan fingerprint density at radius 1 is 1.08 bits per heavy atom. The summed E-state index contributed by atoms with van der Waals surface area (Å²) < 4.78 is 0. The lowest BCUT2D eigenvalue weighted by molar-refractivity contribution is 0.552. The van der Waals surface area contributed by atoms with Gasteiger partial charge in [0.25, 0.3) is 0 Å². The Hall–Kier alpha value is -1.80. The summed E-state index contributed by atoms with van der Waals surface area (Å²) in [6.45, 7) is 11.8. The Labute approximate surface area is 163 Å². The van der Waals surface area contributed by atoms with Gasteiger partial charge in [0.2, 0.25) is 0 Å². The van der Waals surface area contributed by atoms with E-state index in [1.165, 1.54) is 27.8 Å². The molecular formula is C23H31ClN2. The molecule has 0 bridgehead atoms. The lowest BCUT2D eigenvalue weighted by Crippen LogP contribution is -2.14. The van der Waals surface area contributed by atoms with E-state index in [0.717, 1.165) is 30.1 Å². The second-order valence-electron chi connectivity index (χ2n) is 7.58. The molecule has 2 nitrogen and oxygen atoms in total. The second-order valence-corrected chi connectivity index (χ2v) is 7.99. The van der Waals surface area contributed by atoms with E-state index in [9.17, 15) is 0 Å². The topological polar surface area (TPSA) is 15.6 Å². The molecule has 0 amide bonds. The summed E-state index contributed by atoms with van der Waals surface area (Å²) in [6.07, 6.45) is 3.82. The predicted molar refractivity (Wildman–Crippen MR) is 115 cm³/mol. The summed E-state index contributed by atoms with van der Waals surface area (Å²) in [5.74, 6) is 0.614. The molecule has 2 aromatic rings. The molecule has 0 saturated heterocycles. The molecule has 2 rings (SSSR count). The van der Waals surface area contributed by atoms with Gasteiger partial charge in [-0.1, -0.05) is 43.6 Å².